The summed E-state index contributed by atoms with van der Waals surface area (Å²) < 4.78 is 12.5. The number of hydrogen-bond donors (Lipinski definition) is 0. The summed E-state index contributed by atoms with van der Waals surface area (Å²) in [6.07, 6.45) is 4.34. The van der Waals surface area contributed by atoms with Gasteiger partial charge in [0.1, 0.15) is 6.67 Å². The van der Waals surface area contributed by atoms with Crippen LogP contribution in [0.1, 0.15) is 34.6 Å². The van der Waals surface area contributed by atoms with Gasteiger partial charge in [0.25, 0.3) is 0 Å². The Hall–Kier alpha value is -0.530. The second-order valence-corrected chi connectivity index (χ2v) is 5.37. The molecule has 0 fully saturated rings. The zero-order valence-electron chi connectivity index (χ0n) is 10.6. The molecule has 0 aliphatic carbocycles. The molecular weight excluding hydrogens is 189 g/mol. The van der Waals surface area contributed by atoms with Gasteiger partial charge in [-0.05, 0) is 25.0 Å². The number of rotatable bonds is 4. The molecule has 0 N–H and O–H groups in total. The Balaban J connectivity index is 2.91. The van der Waals surface area contributed by atoms with Crippen LogP contribution in [0.3, 0.4) is 0 Å². The van der Waals surface area contributed by atoms with Crippen molar-refractivity contribution in [3.63, 3.8) is 0 Å². The predicted octanol–water partition coefficient (Wildman–Crippen LogP) is 3.47. The Labute approximate surface area is 93.3 Å². The summed E-state index contributed by atoms with van der Waals surface area (Å²) in [7, 11) is 0. The lowest BCUT2D eigenvalue weighted by Gasteiger charge is -2.45. The summed E-state index contributed by atoms with van der Waals surface area (Å²) >= 11 is 0. The van der Waals surface area contributed by atoms with Crippen LogP contribution < -0.4 is 0 Å². The second kappa shape index (κ2) is 4.54. The van der Waals surface area contributed by atoms with Gasteiger partial charge in [-0.3, -0.25) is 0 Å². The van der Waals surface area contributed by atoms with E-state index in [-0.39, 0.29) is 12.2 Å². The molecule has 0 aromatic carbocycles. The van der Waals surface area contributed by atoms with Crippen LogP contribution in [0.15, 0.2) is 12.3 Å². The SMILES string of the molecule is CC(C)C1C=CN(CCF)[C@@]1(C)C(C)C. The summed E-state index contributed by atoms with van der Waals surface area (Å²) in [6.45, 7) is 11.5. The van der Waals surface area contributed by atoms with Crippen LogP contribution in [0.5, 0.6) is 0 Å². The fraction of sp³-hybridized carbons (Fsp3) is 0.846. The molecule has 88 valence electrons. The van der Waals surface area contributed by atoms with Crippen molar-refractivity contribution in [2.75, 3.05) is 13.2 Å². The average molecular weight is 213 g/mol. The van der Waals surface area contributed by atoms with Crippen molar-refractivity contribution in [1.82, 2.24) is 4.90 Å². The fourth-order valence-corrected chi connectivity index (χ4v) is 2.76. The number of halogens is 1. The molecule has 2 atom stereocenters. The molecule has 15 heavy (non-hydrogen) atoms. The lowest BCUT2D eigenvalue weighted by molar-refractivity contribution is 0.0625. The van der Waals surface area contributed by atoms with Gasteiger partial charge in [-0.2, -0.15) is 0 Å². The minimum atomic E-state index is -0.266. The van der Waals surface area contributed by atoms with Gasteiger partial charge >= 0.3 is 0 Å². The molecule has 0 saturated carbocycles. The molecule has 0 spiro atoms. The minimum Gasteiger partial charge on any atom is -0.369 e. The van der Waals surface area contributed by atoms with E-state index in [1.165, 1.54) is 0 Å². The molecule has 1 rings (SSSR count). The number of nitrogens with zero attached hydrogens (tertiary/aromatic N) is 1. The predicted molar refractivity (Wildman–Crippen MR) is 63.4 cm³/mol. The maximum atomic E-state index is 12.5. The summed E-state index contributed by atoms with van der Waals surface area (Å²) in [5.41, 5.74) is 0.0836. The van der Waals surface area contributed by atoms with E-state index in [2.05, 4.69) is 51.8 Å². The van der Waals surface area contributed by atoms with Crippen molar-refractivity contribution in [2.45, 2.75) is 40.2 Å². The molecule has 0 aromatic heterocycles. The molecule has 0 radical (unpaired) electrons. The molecule has 0 bridgehead atoms. The van der Waals surface area contributed by atoms with Gasteiger partial charge < -0.3 is 4.90 Å². The van der Waals surface area contributed by atoms with Gasteiger partial charge in [0.2, 0.25) is 0 Å². The van der Waals surface area contributed by atoms with E-state index >= 15 is 0 Å². The smallest absolute Gasteiger partial charge is 0.107 e. The molecule has 1 nitrogen and oxygen atoms in total. The minimum absolute atomic E-state index is 0.0836. The Morgan fingerprint density at radius 3 is 2.33 bits per heavy atom. The first-order chi connectivity index (χ1) is 6.94. The van der Waals surface area contributed by atoms with Crippen LogP contribution >= 0.6 is 0 Å². The highest BCUT2D eigenvalue weighted by atomic mass is 19.1. The van der Waals surface area contributed by atoms with Gasteiger partial charge in [-0.1, -0.05) is 33.8 Å². The average Bonchev–Trinajstić information content (AvgIpc) is 2.46. The lowest BCUT2D eigenvalue weighted by Crippen LogP contribution is -2.51. The zero-order chi connectivity index (χ0) is 11.6. The van der Waals surface area contributed by atoms with E-state index in [1.54, 1.807) is 0 Å². The lowest BCUT2D eigenvalue weighted by atomic mass is 9.72. The van der Waals surface area contributed by atoms with Crippen molar-refractivity contribution in [3.8, 4) is 0 Å². The van der Waals surface area contributed by atoms with Crippen molar-refractivity contribution < 1.29 is 4.39 Å². The van der Waals surface area contributed by atoms with E-state index in [4.69, 9.17) is 0 Å². The maximum absolute atomic E-state index is 12.5. The Kier molecular flexibility index (Phi) is 3.80. The fourth-order valence-electron chi connectivity index (χ4n) is 2.76. The second-order valence-electron chi connectivity index (χ2n) is 5.37. The topological polar surface area (TPSA) is 3.24 Å². The van der Waals surface area contributed by atoms with Crippen LogP contribution in [0.4, 0.5) is 4.39 Å². The van der Waals surface area contributed by atoms with E-state index < -0.39 is 0 Å². The normalized spacial score (nSPS) is 30.9. The highest BCUT2D eigenvalue weighted by Gasteiger charge is 2.44. The summed E-state index contributed by atoms with van der Waals surface area (Å²) in [5.74, 6) is 1.67. The van der Waals surface area contributed by atoms with E-state index in [9.17, 15) is 4.39 Å². The third-order valence-electron chi connectivity index (χ3n) is 3.98. The molecule has 1 heterocycles. The van der Waals surface area contributed by atoms with Crippen LogP contribution in [0.25, 0.3) is 0 Å². The first kappa shape index (κ1) is 12.5. The van der Waals surface area contributed by atoms with Gasteiger partial charge in [-0.25, -0.2) is 4.39 Å². The number of hydrogen-bond acceptors (Lipinski definition) is 1. The van der Waals surface area contributed by atoms with Gasteiger partial charge in [0.15, 0.2) is 0 Å². The largest absolute Gasteiger partial charge is 0.369 e. The third-order valence-corrected chi connectivity index (χ3v) is 3.98. The van der Waals surface area contributed by atoms with Crippen LogP contribution in [-0.4, -0.2) is 23.7 Å². The van der Waals surface area contributed by atoms with Crippen LogP contribution in [0.2, 0.25) is 0 Å². The molecule has 0 amide bonds. The van der Waals surface area contributed by atoms with E-state index in [1.807, 2.05) is 0 Å². The highest BCUT2D eigenvalue weighted by molar-refractivity contribution is 5.14. The first-order valence-electron chi connectivity index (χ1n) is 5.95. The van der Waals surface area contributed by atoms with Crippen molar-refractivity contribution >= 4 is 0 Å². The first-order valence-corrected chi connectivity index (χ1v) is 5.95. The summed E-state index contributed by atoms with van der Waals surface area (Å²) in [4.78, 5) is 2.18. The summed E-state index contributed by atoms with van der Waals surface area (Å²) in [6, 6.07) is 0. The summed E-state index contributed by atoms with van der Waals surface area (Å²) in [5, 5.41) is 0. The van der Waals surface area contributed by atoms with Crippen LogP contribution in [0, 0.1) is 17.8 Å². The molecular formula is C13H24FN. The Morgan fingerprint density at radius 2 is 1.93 bits per heavy atom. The van der Waals surface area contributed by atoms with E-state index in [0.717, 1.165) is 0 Å². The van der Waals surface area contributed by atoms with Crippen molar-refractivity contribution in [1.29, 1.82) is 0 Å². The molecule has 1 aliphatic rings. The maximum Gasteiger partial charge on any atom is 0.107 e. The van der Waals surface area contributed by atoms with Gasteiger partial charge in [-0.15, -0.1) is 0 Å². The van der Waals surface area contributed by atoms with E-state index in [0.29, 0.717) is 24.3 Å². The zero-order valence-corrected chi connectivity index (χ0v) is 10.6. The van der Waals surface area contributed by atoms with Crippen molar-refractivity contribution in [2.24, 2.45) is 17.8 Å². The molecule has 0 saturated heterocycles. The Bertz CT molecular complexity index is 235. The van der Waals surface area contributed by atoms with Gasteiger partial charge in [0.05, 0.1) is 0 Å². The quantitative estimate of drug-likeness (QED) is 0.691. The van der Waals surface area contributed by atoms with Crippen LogP contribution in [-0.2, 0) is 0 Å². The van der Waals surface area contributed by atoms with Gasteiger partial charge in [0, 0.05) is 18.0 Å². The third kappa shape index (κ3) is 2.04. The molecule has 2 heteroatoms. The standard InChI is InChI=1S/C13H24FN/c1-10(2)12-6-8-15(9-7-14)13(12,5)11(3)4/h6,8,10-12H,7,9H2,1-5H3/t12?,13-/m0/s1. The number of alkyl halides is 1. The molecule has 0 aromatic rings. The molecule has 1 aliphatic heterocycles. The Morgan fingerprint density at radius 1 is 1.33 bits per heavy atom. The highest BCUT2D eigenvalue weighted by Crippen LogP contribution is 2.42. The van der Waals surface area contributed by atoms with Crippen molar-refractivity contribution in [3.05, 3.63) is 12.3 Å². The molecule has 1 unspecified atom stereocenters. The monoisotopic (exact) mass is 213 g/mol.